The van der Waals surface area contributed by atoms with Crippen LogP contribution in [0.1, 0.15) is 32.1 Å². The largest absolute Gasteiger partial charge is 0.391 e. The molecule has 1 unspecified atom stereocenters. The molecular formula is C30H33N7O4. The summed E-state index contributed by atoms with van der Waals surface area (Å²) in [5.41, 5.74) is 1.89. The molecule has 0 radical (unpaired) electrons. The van der Waals surface area contributed by atoms with E-state index in [4.69, 9.17) is 0 Å². The number of fused-ring (bicyclic) bond motifs is 1. The normalized spacial score (nSPS) is 20.6. The highest BCUT2D eigenvalue weighted by atomic mass is 16.3. The Balaban J connectivity index is 1.06. The van der Waals surface area contributed by atoms with E-state index in [0.29, 0.717) is 43.5 Å². The standard InChI is InChI=1S/C30H33N7O4/c38-24-9-12-35(17-24)26-8-5-22(15-31-26)20-3-6-23(7-4-20)37-27-25(16-33-37)29(40)36(19-32-27)18-30(41)10-13-34(14-11-30)28(39)21-1-2-21/h3-8,15-16,19,21,24,38,41H,1-2,9-14,17-18H2. The smallest absolute Gasteiger partial charge is 0.264 e. The first-order valence-corrected chi connectivity index (χ1v) is 14.3. The molecule has 1 amide bonds. The number of pyridine rings is 1. The van der Waals surface area contributed by atoms with Crippen molar-refractivity contribution >= 4 is 22.8 Å². The second-order valence-corrected chi connectivity index (χ2v) is 11.6. The Morgan fingerprint density at radius 3 is 2.37 bits per heavy atom. The molecule has 1 aromatic carbocycles. The Morgan fingerprint density at radius 1 is 0.951 bits per heavy atom. The molecule has 3 aliphatic rings. The van der Waals surface area contributed by atoms with Gasteiger partial charge in [-0.2, -0.15) is 5.10 Å². The van der Waals surface area contributed by atoms with Crippen molar-refractivity contribution in [2.45, 2.75) is 50.4 Å². The summed E-state index contributed by atoms with van der Waals surface area (Å²) in [5.74, 6) is 1.23. The molecule has 1 saturated carbocycles. The minimum Gasteiger partial charge on any atom is -0.391 e. The number of piperidine rings is 1. The van der Waals surface area contributed by atoms with Crippen LogP contribution >= 0.6 is 0 Å². The molecule has 11 nitrogen and oxygen atoms in total. The van der Waals surface area contributed by atoms with Gasteiger partial charge in [0.15, 0.2) is 5.65 Å². The first kappa shape index (κ1) is 25.8. The predicted octanol–water partition coefficient (Wildman–Crippen LogP) is 1.98. The van der Waals surface area contributed by atoms with Crippen molar-refractivity contribution in [3.05, 3.63) is 65.5 Å². The summed E-state index contributed by atoms with van der Waals surface area (Å²) in [6.45, 7) is 2.56. The number of hydrogen-bond donors (Lipinski definition) is 2. The number of aliphatic hydroxyl groups is 2. The van der Waals surface area contributed by atoms with Crippen LogP contribution in [-0.2, 0) is 11.3 Å². The quantitative estimate of drug-likeness (QED) is 0.370. The van der Waals surface area contributed by atoms with Crippen molar-refractivity contribution in [2.75, 3.05) is 31.1 Å². The van der Waals surface area contributed by atoms with Crippen molar-refractivity contribution in [2.24, 2.45) is 5.92 Å². The minimum absolute atomic E-state index is 0.130. The lowest BCUT2D eigenvalue weighted by molar-refractivity contribution is -0.137. The van der Waals surface area contributed by atoms with Gasteiger partial charge in [-0.3, -0.25) is 14.2 Å². The number of carbonyl (C=O) groups excluding carboxylic acids is 1. The zero-order chi connectivity index (χ0) is 28.1. The first-order chi connectivity index (χ1) is 19.9. The Labute approximate surface area is 236 Å². The Kier molecular flexibility index (Phi) is 6.35. The van der Waals surface area contributed by atoms with Gasteiger partial charge in [0.2, 0.25) is 5.91 Å². The van der Waals surface area contributed by atoms with Gasteiger partial charge in [0.25, 0.3) is 5.56 Å². The fraction of sp³-hybridized carbons (Fsp3) is 0.433. The number of rotatable bonds is 6. The molecule has 4 aromatic rings. The summed E-state index contributed by atoms with van der Waals surface area (Å²) < 4.78 is 3.09. The summed E-state index contributed by atoms with van der Waals surface area (Å²) in [7, 11) is 0. The van der Waals surface area contributed by atoms with E-state index in [-0.39, 0.29) is 30.0 Å². The van der Waals surface area contributed by atoms with Gasteiger partial charge < -0.3 is 20.0 Å². The van der Waals surface area contributed by atoms with Crippen LogP contribution in [0.5, 0.6) is 0 Å². The highest BCUT2D eigenvalue weighted by Crippen LogP contribution is 2.33. The summed E-state index contributed by atoms with van der Waals surface area (Å²) in [4.78, 5) is 38.7. The molecule has 212 valence electrons. The van der Waals surface area contributed by atoms with Crippen molar-refractivity contribution in [3.63, 3.8) is 0 Å². The number of β-amino-alcohol motifs (C(OH)–C–C–N with tert-alkyl or cyclic N) is 1. The van der Waals surface area contributed by atoms with Crippen LogP contribution in [0.15, 0.2) is 59.9 Å². The molecular weight excluding hydrogens is 522 g/mol. The van der Waals surface area contributed by atoms with Gasteiger partial charge in [-0.05, 0) is 61.9 Å². The second-order valence-electron chi connectivity index (χ2n) is 11.6. The Morgan fingerprint density at radius 2 is 1.71 bits per heavy atom. The van der Waals surface area contributed by atoms with Crippen LogP contribution in [0.4, 0.5) is 5.82 Å². The molecule has 1 atom stereocenters. The van der Waals surface area contributed by atoms with Crippen LogP contribution in [0.25, 0.3) is 27.8 Å². The average molecular weight is 556 g/mol. The monoisotopic (exact) mass is 555 g/mol. The number of hydrogen-bond acceptors (Lipinski definition) is 8. The van der Waals surface area contributed by atoms with Crippen molar-refractivity contribution in [1.82, 2.24) is 29.2 Å². The van der Waals surface area contributed by atoms with Gasteiger partial charge in [-0.15, -0.1) is 0 Å². The van der Waals surface area contributed by atoms with E-state index in [1.807, 2.05) is 47.5 Å². The molecule has 2 aliphatic heterocycles. The lowest BCUT2D eigenvalue weighted by Crippen LogP contribution is -2.50. The van der Waals surface area contributed by atoms with Crippen molar-refractivity contribution in [1.29, 1.82) is 0 Å². The van der Waals surface area contributed by atoms with Gasteiger partial charge in [0, 0.05) is 43.9 Å². The topological polar surface area (TPSA) is 130 Å². The number of anilines is 1. The van der Waals surface area contributed by atoms with Crippen LogP contribution in [-0.4, -0.2) is 83.2 Å². The predicted molar refractivity (Wildman–Crippen MR) is 153 cm³/mol. The van der Waals surface area contributed by atoms with Gasteiger partial charge >= 0.3 is 0 Å². The number of aromatic nitrogens is 5. The third kappa shape index (κ3) is 5.00. The molecule has 0 bridgehead atoms. The molecule has 41 heavy (non-hydrogen) atoms. The first-order valence-electron chi connectivity index (χ1n) is 14.3. The molecule has 1 aliphatic carbocycles. The third-order valence-electron chi connectivity index (χ3n) is 8.63. The highest BCUT2D eigenvalue weighted by Gasteiger charge is 2.39. The zero-order valence-corrected chi connectivity index (χ0v) is 22.8. The number of likely N-dealkylation sites (tertiary alicyclic amines) is 1. The molecule has 2 N–H and O–H groups in total. The molecule has 2 saturated heterocycles. The maximum absolute atomic E-state index is 13.3. The van der Waals surface area contributed by atoms with Crippen LogP contribution in [0, 0.1) is 5.92 Å². The summed E-state index contributed by atoms with van der Waals surface area (Å²) in [6, 6.07) is 11.8. The minimum atomic E-state index is -1.06. The van der Waals surface area contributed by atoms with E-state index in [9.17, 15) is 19.8 Å². The van der Waals surface area contributed by atoms with Crippen molar-refractivity contribution in [3.8, 4) is 16.8 Å². The molecule has 3 fully saturated rings. The van der Waals surface area contributed by atoms with E-state index in [0.717, 1.165) is 48.4 Å². The summed E-state index contributed by atoms with van der Waals surface area (Å²) >= 11 is 0. The van der Waals surface area contributed by atoms with E-state index in [1.54, 1.807) is 4.68 Å². The highest BCUT2D eigenvalue weighted by molar-refractivity contribution is 5.81. The maximum Gasteiger partial charge on any atom is 0.264 e. The molecule has 3 aromatic heterocycles. The summed E-state index contributed by atoms with van der Waals surface area (Å²) in [5, 5.41) is 25.8. The maximum atomic E-state index is 13.3. The van der Waals surface area contributed by atoms with E-state index < -0.39 is 5.60 Å². The number of carbonyl (C=O) groups is 1. The fourth-order valence-corrected chi connectivity index (χ4v) is 5.95. The SMILES string of the molecule is O=C(C1CC1)N1CCC(O)(Cn2cnc3c(cnn3-c3ccc(-c4ccc(N5CCC(O)C5)nc4)cc3)c2=O)CC1. The number of benzene rings is 1. The summed E-state index contributed by atoms with van der Waals surface area (Å²) in [6.07, 6.45) is 8.11. The van der Waals surface area contributed by atoms with Gasteiger partial charge in [0.05, 0.1) is 30.1 Å². The Bertz CT molecular complexity index is 1630. The third-order valence-corrected chi connectivity index (χ3v) is 8.63. The number of aliphatic hydroxyl groups excluding tert-OH is 1. The molecule has 0 spiro atoms. The Hall–Kier alpha value is -4.09. The number of nitrogens with zero attached hydrogens (tertiary/aromatic N) is 7. The van der Waals surface area contributed by atoms with Crippen LogP contribution in [0.3, 0.4) is 0 Å². The lowest BCUT2D eigenvalue weighted by Gasteiger charge is -2.38. The molecule has 7 rings (SSSR count). The second kappa shape index (κ2) is 10.1. The van der Waals surface area contributed by atoms with Gasteiger partial charge in [0.1, 0.15) is 17.5 Å². The molecule has 11 heteroatoms. The zero-order valence-electron chi connectivity index (χ0n) is 22.8. The lowest BCUT2D eigenvalue weighted by atomic mass is 9.91. The van der Waals surface area contributed by atoms with Crippen LogP contribution in [0.2, 0.25) is 0 Å². The van der Waals surface area contributed by atoms with Gasteiger partial charge in [-0.1, -0.05) is 12.1 Å². The number of amides is 1. The van der Waals surface area contributed by atoms with Gasteiger partial charge in [-0.25, -0.2) is 14.6 Å². The van der Waals surface area contributed by atoms with E-state index in [2.05, 4.69) is 20.0 Å². The van der Waals surface area contributed by atoms with Crippen LogP contribution < -0.4 is 10.5 Å². The van der Waals surface area contributed by atoms with E-state index >= 15 is 0 Å². The average Bonchev–Trinajstić information content (AvgIpc) is 3.61. The molecule has 5 heterocycles. The van der Waals surface area contributed by atoms with Crippen molar-refractivity contribution < 1.29 is 15.0 Å². The van der Waals surface area contributed by atoms with E-state index in [1.165, 1.54) is 17.1 Å². The fourth-order valence-electron chi connectivity index (χ4n) is 5.95.